The topological polar surface area (TPSA) is 91.6 Å². The lowest BCUT2D eigenvalue weighted by molar-refractivity contribution is 0.0695. The highest BCUT2D eigenvalue weighted by Gasteiger charge is 2.33. The van der Waals surface area contributed by atoms with E-state index in [-0.39, 0.29) is 23.7 Å². The maximum atomic E-state index is 11.7. The summed E-state index contributed by atoms with van der Waals surface area (Å²) in [4.78, 5) is 22.5. The van der Waals surface area contributed by atoms with Gasteiger partial charge in [0.25, 0.3) is 0 Å². The first kappa shape index (κ1) is 13.5. The molecule has 104 valence electrons. The molecule has 0 aliphatic heterocycles. The van der Waals surface area contributed by atoms with Crippen LogP contribution in [0.4, 0.5) is 4.79 Å². The smallest absolute Gasteiger partial charge is 0.339 e. The lowest BCUT2D eigenvalue weighted by atomic mass is 9.79. The third-order valence-electron chi connectivity index (χ3n) is 3.49. The van der Waals surface area contributed by atoms with E-state index in [9.17, 15) is 9.59 Å². The van der Waals surface area contributed by atoms with E-state index in [0.717, 1.165) is 19.3 Å². The molecule has 3 N–H and O–H groups in total. The summed E-state index contributed by atoms with van der Waals surface area (Å²) in [6.45, 7) is 3.77. The number of urea groups is 1. The standard InChI is InChI=1S/C13H18N2O4/c1-8-10(11(16)17)6-9(19-8)7-14-12(18)15-13(2)4-3-5-13/h6H,3-5,7H2,1-2H3,(H,16,17)(H2,14,15,18). The highest BCUT2D eigenvalue weighted by Crippen LogP contribution is 2.30. The van der Waals surface area contributed by atoms with Crippen LogP contribution in [0.3, 0.4) is 0 Å². The normalized spacial score (nSPS) is 16.5. The van der Waals surface area contributed by atoms with E-state index in [0.29, 0.717) is 11.5 Å². The molecule has 0 spiro atoms. The van der Waals surface area contributed by atoms with Gasteiger partial charge in [0.15, 0.2) is 0 Å². The van der Waals surface area contributed by atoms with Gasteiger partial charge in [-0.2, -0.15) is 0 Å². The summed E-state index contributed by atoms with van der Waals surface area (Å²) >= 11 is 0. The molecular formula is C13H18N2O4. The van der Waals surface area contributed by atoms with Crippen molar-refractivity contribution in [3.8, 4) is 0 Å². The molecular weight excluding hydrogens is 248 g/mol. The van der Waals surface area contributed by atoms with Gasteiger partial charge in [-0.15, -0.1) is 0 Å². The van der Waals surface area contributed by atoms with Crippen molar-refractivity contribution in [2.45, 2.75) is 45.2 Å². The number of nitrogens with one attached hydrogen (secondary N) is 2. The number of rotatable bonds is 4. The van der Waals surface area contributed by atoms with Crippen LogP contribution >= 0.6 is 0 Å². The predicted octanol–water partition coefficient (Wildman–Crippen LogP) is 2.03. The molecule has 0 radical (unpaired) electrons. The van der Waals surface area contributed by atoms with Crippen molar-refractivity contribution in [3.63, 3.8) is 0 Å². The van der Waals surface area contributed by atoms with Gasteiger partial charge in [0.2, 0.25) is 0 Å². The van der Waals surface area contributed by atoms with E-state index >= 15 is 0 Å². The van der Waals surface area contributed by atoms with Crippen molar-refractivity contribution in [1.29, 1.82) is 0 Å². The molecule has 1 aromatic rings. The Hall–Kier alpha value is -1.98. The molecule has 1 aliphatic carbocycles. The Morgan fingerprint density at radius 3 is 2.63 bits per heavy atom. The third-order valence-corrected chi connectivity index (χ3v) is 3.49. The molecule has 1 aliphatic rings. The Morgan fingerprint density at radius 2 is 2.16 bits per heavy atom. The lowest BCUT2D eigenvalue weighted by Crippen LogP contribution is -2.54. The van der Waals surface area contributed by atoms with Gasteiger partial charge in [0.1, 0.15) is 17.1 Å². The minimum atomic E-state index is -1.03. The number of hydrogen-bond donors (Lipinski definition) is 3. The van der Waals surface area contributed by atoms with Gasteiger partial charge in [-0.3, -0.25) is 0 Å². The Morgan fingerprint density at radius 1 is 1.47 bits per heavy atom. The first-order valence-corrected chi connectivity index (χ1v) is 6.28. The van der Waals surface area contributed by atoms with Gasteiger partial charge < -0.3 is 20.2 Å². The van der Waals surface area contributed by atoms with Crippen molar-refractivity contribution < 1.29 is 19.1 Å². The first-order chi connectivity index (χ1) is 8.89. The summed E-state index contributed by atoms with van der Waals surface area (Å²) < 4.78 is 5.27. The molecule has 0 bridgehead atoms. The quantitative estimate of drug-likeness (QED) is 0.777. The Bertz CT molecular complexity index is 503. The third kappa shape index (κ3) is 3.07. The van der Waals surface area contributed by atoms with Crippen molar-refractivity contribution in [2.24, 2.45) is 0 Å². The Labute approximate surface area is 111 Å². The van der Waals surface area contributed by atoms with Gasteiger partial charge in [-0.05, 0) is 39.2 Å². The summed E-state index contributed by atoms with van der Waals surface area (Å²) in [5.74, 6) is -0.251. The van der Waals surface area contributed by atoms with Gasteiger partial charge >= 0.3 is 12.0 Å². The maximum absolute atomic E-state index is 11.7. The molecule has 0 saturated heterocycles. The number of furan rings is 1. The van der Waals surface area contributed by atoms with Crippen LogP contribution in [0.25, 0.3) is 0 Å². The number of amides is 2. The number of aromatic carboxylic acids is 1. The van der Waals surface area contributed by atoms with Crippen molar-refractivity contribution in [1.82, 2.24) is 10.6 Å². The van der Waals surface area contributed by atoms with Crippen LogP contribution in [0.5, 0.6) is 0 Å². The molecule has 0 aromatic carbocycles. The Balaban J connectivity index is 1.86. The minimum absolute atomic E-state index is 0.102. The Kier molecular flexibility index (Phi) is 3.50. The van der Waals surface area contributed by atoms with Gasteiger partial charge in [0, 0.05) is 5.54 Å². The van der Waals surface area contributed by atoms with Gasteiger partial charge in [-0.25, -0.2) is 9.59 Å². The first-order valence-electron chi connectivity index (χ1n) is 6.28. The average molecular weight is 266 g/mol. The summed E-state index contributed by atoms with van der Waals surface area (Å²) in [6, 6.07) is 1.18. The lowest BCUT2D eigenvalue weighted by Gasteiger charge is -2.38. The van der Waals surface area contributed by atoms with Crippen LogP contribution in [-0.2, 0) is 6.54 Å². The molecule has 6 nitrogen and oxygen atoms in total. The molecule has 19 heavy (non-hydrogen) atoms. The maximum Gasteiger partial charge on any atom is 0.339 e. The molecule has 1 saturated carbocycles. The highest BCUT2D eigenvalue weighted by atomic mass is 16.4. The summed E-state index contributed by atoms with van der Waals surface area (Å²) in [5, 5.41) is 14.5. The van der Waals surface area contributed by atoms with E-state index in [1.54, 1.807) is 6.92 Å². The summed E-state index contributed by atoms with van der Waals surface area (Å²) in [7, 11) is 0. The number of carbonyl (C=O) groups is 2. The van der Waals surface area contributed by atoms with Crippen LogP contribution in [-0.4, -0.2) is 22.6 Å². The number of hydrogen-bond acceptors (Lipinski definition) is 3. The van der Waals surface area contributed by atoms with Crippen LogP contribution in [0, 0.1) is 6.92 Å². The number of carboxylic acids is 1. The fourth-order valence-corrected chi connectivity index (χ4v) is 2.16. The van der Waals surface area contributed by atoms with E-state index in [1.165, 1.54) is 6.07 Å². The summed E-state index contributed by atoms with van der Waals surface area (Å²) in [5.41, 5.74) is 0.0261. The average Bonchev–Trinajstić information content (AvgIpc) is 2.66. The fraction of sp³-hybridized carbons (Fsp3) is 0.538. The predicted molar refractivity (Wildman–Crippen MR) is 68.0 cm³/mol. The van der Waals surface area contributed by atoms with E-state index in [4.69, 9.17) is 9.52 Å². The molecule has 0 unspecified atom stereocenters. The number of aryl methyl sites for hydroxylation is 1. The van der Waals surface area contributed by atoms with Gasteiger partial charge in [-0.1, -0.05) is 0 Å². The minimum Gasteiger partial charge on any atom is -0.478 e. The van der Waals surface area contributed by atoms with Crippen molar-refractivity contribution >= 4 is 12.0 Å². The second-order valence-electron chi connectivity index (χ2n) is 5.21. The molecule has 1 aromatic heterocycles. The van der Waals surface area contributed by atoms with E-state index in [1.807, 2.05) is 6.92 Å². The van der Waals surface area contributed by atoms with Crippen LogP contribution in [0.2, 0.25) is 0 Å². The largest absolute Gasteiger partial charge is 0.478 e. The fourth-order valence-electron chi connectivity index (χ4n) is 2.16. The zero-order valence-corrected chi connectivity index (χ0v) is 11.1. The highest BCUT2D eigenvalue weighted by molar-refractivity contribution is 5.88. The number of carboxylic acid groups (broad SMARTS) is 1. The van der Waals surface area contributed by atoms with Crippen LogP contribution < -0.4 is 10.6 Å². The van der Waals surface area contributed by atoms with E-state index in [2.05, 4.69) is 10.6 Å². The molecule has 6 heteroatoms. The zero-order valence-electron chi connectivity index (χ0n) is 11.1. The number of carbonyl (C=O) groups excluding carboxylic acids is 1. The monoisotopic (exact) mass is 266 g/mol. The molecule has 1 fully saturated rings. The summed E-state index contributed by atoms with van der Waals surface area (Å²) in [6.07, 6.45) is 3.11. The van der Waals surface area contributed by atoms with Crippen molar-refractivity contribution in [3.05, 3.63) is 23.2 Å². The molecule has 0 atom stereocenters. The second-order valence-corrected chi connectivity index (χ2v) is 5.21. The van der Waals surface area contributed by atoms with Crippen molar-refractivity contribution in [2.75, 3.05) is 0 Å². The molecule has 2 rings (SSSR count). The van der Waals surface area contributed by atoms with Gasteiger partial charge in [0.05, 0.1) is 6.54 Å². The van der Waals surface area contributed by atoms with E-state index < -0.39 is 5.97 Å². The SMILES string of the molecule is Cc1oc(CNC(=O)NC2(C)CCC2)cc1C(=O)O. The molecule has 1 heterocycles. The van der Waals surface area contributed by atoms with Crippen LogP contribution in [0.15, 0.2) is 10.5 Å². The molecule has 2 amide bonds. The zero-order chi connectivity index (χ0) is 14.0. The van der Waals surface area contributed by atoms with Crippen LogP contribution in [0.1, 0.15) is 48.1 Å². The second kappa shape index (κ2) is 4.95.